The van der Waals surface area contributed by atoms with Crippen molar-refractivity contribution in [2.45, 2.75) is 26.2 Å². The first-order valence-corrected chi connectivity index (χ1v) is 6.32. The van der Waals surface area contributed by atoms with Crippen LogP contribution in [0.1, 0.15) is 31.9 Å². The zero-order valence-corrected chi connectivity index (χ0v) is 10.8. The van der Waals surface area contributed by atoms with E-state index in [0.29, 0.717) is 43.9 Å². The molecule has 0 spiro atoms. The van der Waals surface area contributed by atoms with Crippen LogP contribution < -0.4 is 4.90 Å². The summed E-state index contributed by atoms with van der Waals surface area (Å²) in [6.07, 6.45) is 4.80. The van der Waals surface area contributed by atoms with Crippen molar-refractivity contribution >= 4 is 11.8 Å². The Kier molecular flexibility index (Phi) is 3.65. The number of rotatable bonds is 3. The van der Waals surface area contributed by atoms with Crippen molar-refractivity contribution in [1.82, 2.24) is 9.97 Å². The van der Waals surface area contributed by atoms with Crippen LogP contribution in [0.15, 0.2) is 12.4 Å². The molecule has 6 heteroatoms. The van der Waals surface area contributed by atoms with Gasteiger partial charge in [0, 0.05) is 25.5 Å². The van der Waals surface area contributed by atoms with Crippen LogP contribution >= 0.6 is 0 Å². The number of carboxylic acid groups (broad SMARTS) is 1. The number of piperidine rings is 1. The van der Waals surface area contributed by atoms with Crippen molar-refractivity contribution < 1.29 is 9.90 Å². The fraction of sp³-hybridized carbons (Fsp3) is 0.538. The lowest BCUT2D eigenvalue weighted by Gasteiger charge is -2.38. The van der Waals surface area contributed by atoms with Gasteiger partial charge in [-0.3, -0.25) is 4.79 Å². The summed E-state index contributed by atoms with van der Waals surface area (Å²) in [5.74, 6) is -0.172. The SMILES string of the molecule is CCC1(C(=O)O)CCN(c2nccnc2C#N)CC1. The highest BCUT2D eigenvalue weighted by Gasteiger charge is 2.40. The number of aromatic nitrogens is 2. The number of aliphatic carboxylic acids is 1. The number of anilines is 1. The third kappa shape index (κ3) is 2.36. The Morgan fingerprint density at radius 1 is 1.47 bits per heavy atom. The third-order valence-electron chi connectivity index (χ3n) is 3.94. The lowest BCUT2D eigenvalue weighted by molar-refractivity contribution is -0.150. The summed E-state index contributed by atoms with van der Waals surface area (Å²) in [5, 5.41) is 18.4. The van der Waals surface area contributed by atoms with Gasteiger partial charge in [-0.1, -0.05) is 6.92 Å². The Morgan fingerprint density at radius 3 is 2.63 bits per heavy atom. The standard InChI is InChI=1S/C13H16N4O2/c1-2-13(12(18)19)3-7-17(8-4-13)11-10(9-14)15-5-6-16-11/h5-6H,2-4,7-8H2,1H3,(H,18,19). The molecule has 100 valence electrons. The number of carbonyl (C=O) groups is 1. The number of nitrogens with zero attached hydrogens (tertiary/aromatic N) is 4. The van der Waals surface area contributed by atoms with Gasteiger partial charge in [0.1, 0.15) is 6.07 Å². The zero-order chi connectivity index (χ0) is 13.9. The van der Waals surface area contributed by atoms with Gasteiger partial charge in [0.25, 0.3) is 0 Å². The number of carboxylic acids is 1. The van der Waals surface area contributed by atoms with E-state index in [4.69, 9.17) is 5.26 Å². The van der Waals surface area contributed by atoms with Crippen molar-refractivity contribution in [3.63, 3.8) is 0 Å². The quantitative estimate of drug-likeness (QED) is 0.884. The maximum atomic E-state index is 11.4. The van der Waals surface area contributed by atoms with Gasteiger partial charge >= 0.3 is 5.97 Å². The van der Waals surface area contributed by atoms with Gasteiger partial charge < -0.3 is 10.0 Å². The van der Waals surface area contributed by atoms with Crippen LogP contribution in [0.5, 0.6) is 0 Å². The third-order valence-corrected chi connectivity index (χ3v) is 3.94. The molecule has 6 nitrogen and oxygen atoms in total. The molecular formula is C13H16N4O2. The van der Waals surface area contributed by atoms with E-state index < -0.39 is 11.4 Å². The average Bonchev–Trinajstić information content (AvgIpc) is 2.47. The normalized spacial score (nSPS) is 17.8. The van der Waals surface area contributed by atoms with E-state index in [-0.39, 0.29) is 0 Å². The lowest BCUT2D eigenvalue weighted by Crippen LogP contribution is -2.44. The summed E-state index contributed by atoms with van der Waals surface area (Å²) >= 11 is 0. The summed E-state index contributed by atoms with van der Waals surface area (Å²) in [6.45, 7) is 3.09. The molecule has 0 radical (unpaired) electrons. The number of hydrogen-bond acceptors (Lipinski definition) is 5. The first-order valence-electron chi connectivity index (χ1n) is 6.32. The van der Waals surface area contributed by atoms with Crippen LogP contribution in [0.3, 0.4) is 0 Å². The van der Waals surface area contributed by atoms with Crippen LogP contribution in [0.2, 0.25) is 0 Å². The van der Waals surface area contributed by atoms with E-state index in [9.17, 15) is 9.90 Å². The maximum Gasteiger partial charge on any atom is 0.309 e. The van der Waals surface area contributed by atoms with Gasteiger partial charge in [0.05, 0.1) is 5.41 Å². The Labute approximate surface area is 111 Å². The molecular weight excluding hydrogens is 244 g/mol. The first kappa shape index (κ1) is 13.3. The molecule has 0 saturated carbocycles. The largest absolute Gasteiger partial charge is 0.481 e. The highest BCUT2D eigenvalue weighted by Crippen LogP contribution is 2.36. The molecule has 0 unspecified atom stereocenters. The van der Waals surface area contributed by atoms with Crippen molar-refractivity contribution in [1.29, 1.82) is 5.26 Å². The van der Waals surface area contributed by atoms with E-state index in [1.165, 1.54) is 6.20 Å². The van der Waals surface area contributed by atoms with Gasteiger partial charge in [-0.05, 0) is 19.3 Å². The molecule has 1 aliphatic rings. The minimum atomic E-state index is -0.727. The summed E-state index contributed by atoms with van der Waals surface area (Å²) in [7, 11) is 0. The Morgan fingerprint density at radius 2 is 2.11 bits per heavy atom. The number of hydrogen-bond donors (Lipinski definition) is 1. The van der Waals surface area contributed by atoms with Crippen LogP contribution in [-0.4, -0.2) is 34.1 Å². The molecule has 1 fully saturated rings. The molecule has 1 aromatic rings. The summed E-state index contributed by atoms with van der Waals surface area (Å²) < 4.78 is 0. The summed E-state index contributed by atoms with van der Waals surface area (Å²) in [6, 6.07) is 2.02. The Hall–Kier alpha value is -2.16. The molecule has 1 saturated heterocycles. The van der Waals surface area contributed by atoms with Gasteiger partial charge in [-0.15, -0.1) is 0 Å². The monoisotopic (exact) mass is 260 g/mol. The molecule has 0 aliphatic carbocycles. The van der Waals surface area contributed by atoms with E-state index >= 15 is 0 Å². The summed E-state index contributed by atoms with van der Waals surface area (Å²) in [5.41, 5.74) is -0.340. The molecule has 2 heterocycles. The predicted molar refractivity (Wildman–Crippen MR) is 68.6 cm³/mol. The molecule has 1 aliphatic heterocycles. The Balaban J connectivity index is 2.16. The molecule has 1 aromatic heterocycles. The minimum Gasteiger partial charge on any atom is -0.481 e. The van der Waals surface area contributed by atoms with E-state index in [1.54, 1.807) is 6.20 Å². The van der Waals surface area contributed by atoms with Crippen LogP contribution in [0, 0.1) is 16.7 Å². The lowest BCUT2D eigenvalue weighted by atomic mass is 9.76. The van der Waals surface area contributed by atoms with Crippen molar-refractivity contribution in [3.05, 3.63) is 18.1 Å². The number of nitriles is 1. The van der Waals surface area contributed by atoms with Crippen molar-refractivity contribution in [2.75, 3.05) is 18.0 Å². The highest BCUT2D eigenvalue weighted by molar-refractivity contribution is 5.75. The minimum absolute atomic E-state index is 0.293. The highest BCUT2D eigenvalue weighted by atomic mass is 16.4. The first-order chi connectivity index (χ1) is 9.13. The van der Waals surface area contributed by atoms with Gasteiger partial charge in [-0.2, -0.15) is 5.26 Å². The summed E-state index contributed by atoms with van der Waals surface area (Å²) in [4.78, 5) is 21.5. The van der Waals surface area contributed by atoms with Gasteiger partial charge in [0.2, 0.25) is 0 Å². The molecule has 0 aromatic carbocycles. The smallest absolute Gasteiger partial charge is 0.309 e. The second-order valence-electron chi connectivity index (χ2n) is 4.77. The topological polar surface area (TPSA) is 90.1 Å². The van der Waals surface area contributed by atoms with Crippen molar-refractivity contribution in [2.24, 2.45) is 5.41 Å². The van der Waals surface area contributed by atoms with Crippen LogP contribution in [0.4, 0.5) is 5.82 Å². The van der Waals surface area contributed by atoms with Gasteiger partial charge in [0.15, 0.2) is 11.5 Å². The predicted octanol–water partition coefficient (Wildman–Crippen LogP) is 1.43. The van der Waals surface area contributed by atoms with Gasteiger partial charge in [-0.25, -0.2) is 9.97 Å². The molecule has 0 atom stereocenters. The average molecular weight is 260 g/mol. The molecule has 19 heavy (non-hydrogen) atoms. The molecule has 0 bridgehead atoms. The second kappa shape index (κ2) is 5.22. The molecule has 0 amide bonds. The Bertz CT molecular complexity index is 516. The van der Waals surface area contributed by atoms with Crippen LogP contribution in [0.25, 0.3) is 0 Å². The van der Waals surface area contributed by atoms with E-state index in [2.05, 4.69) is 9.97 Å². The second-order valence-corrected chi connectivity index (χ2v) is 4.77. The molecule has 1 N–H and O–H groups in total. The van der Waals surface area contributed by atoms with Crippen molar-refractivity contribution in [3.8, 4) is 6.07 Å². The van der Waals surface area contributed by atoms with Crippen LogP contribution in [-0.2, 0) is 4.79 Å². The molecule has 2 rings (SSSR count). The van der Waals surface area contributed by atoms with E-state index in [0.717, 1.165) is 0 Å². The fourth-order valence-electron chi connectivity index (χ4n) is 2.51. The van der Waals surface area contributed by atoms with E-state index in [1.807, 2.05) is 17.9 Å². The maximum absolute atomic E-state index is 11.4. The zero-order valence-electron chi connectivity index (χ0n) is 10.8. The fourth-order valence-corrected chi connectivity index (χ4v) is 2.51.